The molecule has 1 fully saturated rings. The number of aromatic nitrogens is 1. The molecule has 0 bridgehead atoms. The van der Waals surface area contributed by atoms with Gasteiger partial charge in [0, 0.05) is 29.7 Å². The first-order valence-electron chi connectivity index (χ1n) is 6.97. The van der Waals surface area contributed by atoms with Crippen LogP contribution in [0, 0.1) is 17.2 Å². The molecule has 3 rings (SSSR count). The number of hydrogen-bond acceptors (Lipinski definition) is 4. The highest BCUT2D eigenvalue weighted by Gasteiger charge is 2.20. The van der Waals surface area contributed by atoms with E-state index in [9.17, 15) is 0 Å². The van der Waals surface area contributed by atoms with Crippen molar-refractivity contribution in [2.24, 2.45) is 5.92 Å². The van der Waals surface area contributed by atoms with Gasteiger partial charge in [0.25, 0.3) is 0 Å². The second-order valence-corrected chi connectivity index (χ2v) is 6.32. The Hall–Kier alpha value is -1.70. The smallest absolute Gasteiger partial charge is 0.123 e. The number of thiazole rings is 1. The lowest BCUT2D eigenvalue weighted by Gasteiger charge is -2.28. The Balaban J connectivity index is 1.67. The number of likely N-dealkylation sites (tertiary alicyclic amines) is 1. The predicted octanol–water partition coefficient (Wildman–Crippen LogP) is 3.55. The Morgan fingerprint density at radius 2 is 2.20 bits per heavy atom. The van der Waals surface area contributed by atoms with Gasteiger partial charge >= 0.3 is 0 Å². The normalized spacial score (nSPS) is 19.6. The van der Waals surface area contributed by atoms with Crippen LogP contribution in [0.2, 0.25) is 0 Å². The van der Waals surface area contributed by atoms with E-state index >= 15 is 0 Å². The fourth-order valence-corrected chi connectivity index (χ4v) is 3.58. The summed E-state index contributed by atoms with van der Waals surface area (Å²) in [6.45, 7) is 2.91. The first-order valence-corrected chi connectivity index (χ1v) is 7.79. The van der Waals surface area contributed by atoms with Crippen molar-refractivity contribution < 1.29 is 0 Å². The molecule has 102 valence electrons. The van der Waals surface area contributed by atoms with Gasteiger partial charge in [-0.2, -0.15) is 5.26 Å². The molecule has 0 saturated carbocycles. The molecule has 1 aromatic heterocycles. The number of hydrogen-bond donors (Lipinski definition) is 0. The van der Waals surface area contributed by atoms with E-state index in [2.05, 4.69) is 28.1 Å². The van der Waals surface area contributed by atoms with Crippen molar-refractivity contribution in [3.8, 4) is 16.6 Å². The summed E-state index contributed by atoms with van der Waals surface area (Å²) in [5.74, 6) is 0.199. The van der Waals surface area contributed by atoms with Crippen LogP contribution in [0.3, 0.4) is 0 Å². The average molecular weight is 283 g/mol. The number of rotatable bonds is 3. The summed E-state index contributed by atoms with van der Waals surface area (Å²) in [5.41, 5.74) is 1.18. The molecule has 0 amide bonds. The van der Waals surface area contributed by atoms with Crippen molar-refractivity contribution in [1.29, 1.82) is 5.26 Å². The SMILES string of the molecule is N#C[C@H]1CCCN(Cc2cnc(-c3ccccc3)s2)C1. The number of nitriles is 1. The van der Waals surface area contributed by atoms with Crippen LogP contribution >= 0.6 is 11.3 Å². The van der Waals surface area contributed by atoms with Crippen LogP contribution in [-0.2, 0) is 6.54 Å². The number of benzene rings is 1. The molecule has 1 aliphatic rings. The fraction of sp³-hybridized carbons (Fsp3) is 0.375. The molecule has 0 spiro atoms. The van der Waals surface area contributed by atoms with Gasteiger partial charge in [-0.3, -0.25) is 4.90 Å². The van der Waals surface area contributed by atoms with Gasteiger partial charge in [-0.1, -0.05) is 30.3 Å². The third-order valence-corrected chi connectivity index (χ3v) is 4.67. The molecule has 0 aliphatic carbocycles. The fourth-order valence-electron chi connectivity index (χ4n) is 2.62. The van der Waals surface area contributed by atoms with Gasteiger partial charge < -0.3 is 0 Å². The van der Waals surface area contributed by atoms with Crippen LogP contribution in [0.15, 0.2) is 36.5 Å². The molecule has 1 atom stereocenters. The zero-order chi connectivity index (χ0) is 13.8. The van der Waals surface area contributed by atoms with Crippen LogP contribution in [0.5, 0.6) is 0 Å². The first-order chi connectivity index (χ1) is 9.85. The van der Waals surface area contributed by atoms with Gasteiger partial charge in [0.2, 0.25) is 0 Å². The van der Waals surface area contributed by atoms with Crippen molar-refractivity contribution in [2.75, 3.05) is 13.1 Å². The summed E-state index contributed by atoms with van der Waals surface area (Å²) in [4.78, 5) is 8.17. The minimum absolute atomic E-state index is 0.199. The maximum absolute atomic E-state index is 9.04. The zero-order valence-corrected chi connectivity index (χ0v) is 12.1. The van der Waals surface area contributed by atoms with E-state index in [0.29, 0.717) is 0 Å². The monoisotopic (exact) mass is 283 g/mol. The largest absolute Gasteiger partial charge is 0.297 e. The van der Waals surface area contributed by atoms with Gasteiger partial charge in [0.05, 0.1) is 12.0 Å². The van der Waals surface area contributed by atoms with Gasteiger partial charge in [0.1, 0.15) is 5.01 Å². The van der Waals surface area contributed by atoms with Gasteiger partial charge in [-0.05, 0) is 19.4 Å². The Morgan fingerprint density at radius 1 is 1.35 bits per heavy atom. The Morgan fingerprint density at radius 3 is 3.00 bits per heavy atom. The predicted molar refractivity (Wildman–Crippen MR) is 81.2 cm³/mol. The van der Waals surface area contributed by atoms with E-state index < -0.39 is 0 Å². The number of piperidine rings is 1. The van der Waals surface area contributed by atoms with Crippen molar-refractivity contribution in [2.45, 2.75) is 19.4 Å². The van der Waals surface area contributed by atoms with Gasteiger partial charge in [-0.15, -0.1) is 11.3 Å². The van der Waals surface area contributed by atoms with Crippen LogP contribution in [0.25, 0.3) is 10.6 Å². The van der Waals surface area contributed by atoms with E-state index in [-0.39, 0.29) is 5.92 Å². The zero-order valence-electron chi connectivity index (χ0n) is 11.3. The lowest BCUT2D eigenvalue weighted by Crippen LogP contribution is -2.34. The topological polar surface area (TPSA) is 39.9 Å². The quantitative estimate of drug-likeness (QED) is 0.865. The van der Waals surface area contributed by atoms with E-state index in [4.69, 9.17) is 5.26 Å². The molecule has 2 aromatic rings. The van der Waals surface area contributed by atoms with Crippen molar-refractivity contribution in [3.63, 3.8) is 0 Å². The van der Waals surface area contributed by atoms with Crippen LogP contribution < -0.4 is 0 Å². The maximum Gasteiger partial charge on any atom is 0.123 e. The summed E-state index contributed by atoms with van der Waals surface area (Å²) in [6, 6.07) is 12.7. The van der Waals surface area contributed by atoms with Gasteiger partial charge in [0.15, 0.2) is 0 Å². The molecule has 2 heterocycles. The molecule has 0 radical (unpaired) electrons. The summed E-state index contributed by atoms with van der Waals surface area (Å²) in [6.07, 6.45) is 4.15. The van der Waals surface area contributed by atoms with Crippen LogP contribution in [0.4, 0.5) is 0 Å². The second kappa shape index (κ2) is 6.17. The third-order valence-electron chi connectivity index (χ3n) is 3.64. The maximum atomic E-state index is 9.04. The van der Waals surface area contributed by atoms with E-state index in [0.717, 1.165) is 37.5 Å². The molecular weight excluding hydrogens is 266 g/mol. The highest BCUT2D eigenvalue weighted by atomic mass is 32.1. The highest BCUT2D eigenvalue weighted by Crippen LogP contribution is 2.26. The second-order valence-electron chi connectivity index (χ2n) is 5.20. The minimum Gasteiger partial charge on any atom is -0.297 e. The average Bonchev–Trinajstić information content (AvgIpc) is 2.97. The van der Waals surface area contributed by atoms with E-state index in [1.165, 1.54) is 10.4 Å². The molecule has 0 unspecified atom stereocenters. The van der Waals surface area contributed by atoms with Crippen molar-refractivity contribution >= 4 is 11.3 Å². The minimum atomic E-state index is 0.199. The molecule has 1 saturated heterocycles. The summed E-state index contributed by atoms with van der Waals surface area (Å²) in [7, 11) is 0. The highest BCUT2D eigenvalue weighted by molar-refractivity contribution is 7.15. The molecule has 0 N–H and O–H groups in total. The standard InChI is InChI=1S/C16H17N3S/c17-9-13-5-4-8-19(11-13)12-15-10-18-16(20-15)14-6-2-1-3-7-14/h1-3,6-7,10,13H,4-5,8,11-12H2/t13-/m1/s1. The lowest BCUT2D eigenvalue weighted by atomic mass is 10.00. The first kappa shape index (κ1) is 13.3. The molecule has 3 nitrogen and oxygen atoms in total. The Bertz CT molecular complexity index is 600. The molecule has 1 aromatic carbocycles. The molecule has 20 heavy (non-hydrogen) atoms. The van der Waals surface area contributed by atoms with Gasteiger partial charge in [-0.25, -0.2) is 4.98 Å². The molecule has 1 aliphatic heterocycles. The number of nitrogens with zero attached hydrogens (tertiary/aromatic N) is 3. The van der Waals surface area contributed by atoms with Crippen molar-refractivity contribution in [1.82, 2.24) is 9.88 Å². The van der Waals surface area contributed by atoms with E-state index in [1.807, 2.05) is 24.4 Å². The molecule has 4 heteroatoms. The summed E-state index contributed by atoms with van der Waals surface area (Å²) < 4.78 is 0. The lowest BCUT2D eigenvalue weighted by molar-refractivity contribution is 0.193. The van der Waals surface area contributed by atoms with Crippen molar-refractivity contribution in [3.05, 3.63) is 41.4 Å². The summed E-state index contributed by atoms with van der Waals surface area (Å²) >= 11 is 1.75. The van der Waals surface area contributed by atoms with Crippen LogP contribution in [-0.4, -0.2) is 23.0 Å². The molecular formula is C16H17N3S. The van der Waals surface area contributed by atoms with E-state index in [1.54, 1.807) is 11.3 Å². The summed E-state index contributed by atoms with van der Waals surface area (Å²) in [5, 5.41) is 10.1. The van der Waals surface area contributed by atoms with Crippen LogP contribution in [0.1, 0.15) is 17.7 Å². The third kappa shape index (κ3) is 3.06. The Labute approximate surface area is 123 Å². The Kier molecular flexibility index (Phi) is 4.10.